The molecule has 7 nitrogen and oxygen atoms in total. The number of nitro benzene ring substituents is 1. The first-order chi connectivity index (χ1) is 12.9. The highest BCUT2D eigenvalue weighted by Crippen LogP contribution is 2.31. The molecule has 0 aromatic heterocycles. The van der Waals surface area contributed by atoms with Crippen LogP contribution in [-0.4, -0.2) is 24.0 Å². The number of nitro groups is 1. The van der Waals surface area contributed by atoms with Crippen LogP contribution < -0.4 is 14.8 Å². The third-order valence-electron chi connectivity index (χ3n) is 3.82. The lowest BCUT2D eigenvalue weighted by molar-refractivity contribution is -0.384. The Hall–Kier alpha value is -2.80. The molecule has 0 saturated heterocycles. The van der Waals surface area contributed by atoms with Crippen molar-refractivity contribution >= 4 is 23.2 Å². The number of amides is 1. The van der Waals surface area contributed by atoms with Gasteiger partial charge in [-0.05, 0) is 44.5 Å². The molecule has 0 spiro atoms. The van der Waals surface area contributed by atoms with Gasteiger partial charge in [-0.2, -0.15) is 0 Å². The van der Waals surface area contributed by atoms with Gasteiger partial charge in [0.05, 0.1) is 34.8 Å². The maximum atomic E-state index is 12.5. The van der Waals surface area contributed by atoms with Gasteiger partial charge in [0.15, 0.2) is 11.5 Å². The summed E-state index contributed by atoms with van der Waals surface area (Å²) in [6, 6.07) is 8.79. The molecule has 0 radical (unpaired) electrons. The van der Waals surface area contributed by atoms with Crippen LogP contribution in [0.15, 0.2) is 36.4 Å². The van der Waals surface area contributed by atoms with Gasteiger partial charge in [0, 0.05) is 12.1 Å². The Balaban J connectivity index is 2.22. The van der Waals surface area contributed by atoms with Crippen LogP contribution in [0.1, 0.15) is 42.7 Å². The predicted molar refractivity (Wildman–Crippen MR) is 103 cm³/mol. The maximum Gasteiger partial charge on any atom is 0.270 e. The van der Waals surface area contributed by atoms with Crippen LogP contribution in [0.25, 0.3) is 0 Å². The molecule has 0 saturated carbocycles. The molecule has 0 aliphatic rings. The summed E-state index contributed by atoms with van der Waals surface area (Å²) in [5, 5.41) is 13.9. The second-order valence-corrected chi connectivity index (χ2v) is 6.10. The highest BCUT2D eigenvalue weighted by atomic mass is 35.5. The summed E-state index contributed by atoms with van der Waals surface area (Å²) in [6.07, 6.45) is 0. The van der Waals surface area contributed by atoms with Crippen molar-refractivity contribution in [2.75, 3.05) is 13.2 Å². The first-order valence-electron chi connectivity index (χ1n) is 8.51. The Bertz CT molecular complexity index is 841. The zero-order valence-electron chi connectivity index (χ0n) is 15.3. The van der Waals surface area contributed by atoms with Crippen LogP contribution in [0.3, 0.4) is 0 Å². The Labute approximate surface area is 162 Å². The lowest BCUT2D eigenvalue weighted by Gasteiger charge is -2.18. The van der Waals surface area contributed by atoms with Crippen molar-refractivity contribution < 1.29 is 19.2 Å². The number of nitrogens with zero attached hydrogens (tertiary/aromatic N) is 1. The fourth-order valence-electron chi connectivity index (χ4n) is 2.50. The number of non-ortho nitro benzene ring substituents is 1. The van der Waals surface area contributed by atoms with Gasteiger partial charge < -0.3 is 14.8 Å². The molecule has 2 rings (SSSR count). The Morgan fingerprint density at radius 2 is 1.81 bits per heavy atom. The maximum absolute atomic E-state index is 12.5. The monoisotopic (exact) mass is 392 g/mol. The zero-order chi connectivity index (χ0) is 20.0. The number of carbonyl (C=O) groups excluding carboxylic acids is 1. The second-order valence-electron chi connectivity index (χ2n) is 5.69. The van der Waals surface area contributed by atoms with Gasteiger partial charge in [0.2, 0.25) is 0 Å². The van der Waals surface area contributed by atoms with Gasteiger partial charge >= 0.3 is 0 Å². The fraction of sp³-hybridized carbons (Fsp3) is 0.316. The molecule has 27 heavy (non-hydrogen) atoms. The normalized spacial score (nSPS) is 11.6. The third-order valence-corrected chi connectivity index (χ3v) is 4.15. The molecule has 2 aromatic carbocycles. The molecule has 0 heterocycles. The summed E-state index contributed by atoms with van der Waals surface area (Å²) < 4.78 is 11.1. The van der Waals surface area contributed by atoms with Gasteiger partial charge in [-0.1, -0.05) is 17.7 Å². The molecule has 1 N–H and O–H groups in total. The molecule has 144 valence electrons. The van der Waals surface area contributed by atoms with Gasteiger partial charge in [0.1, 0.15) is 0 Å². The highest BCUT2D eigenvalue weighted by Gasteiger charge is 2.19. The first kappa shape index (κ1) is 20.5. The highest BCUT2D eigenvalue weighted by molar-refractivity contribution is 6.33. The van der Waals surface area contributed by atoms with Crippen molar-refractivity contribution in [3.8, 4) is 11.5 Å². The molecule has 0 bridgehead atoms. The van der Waals surface area contributed by atoms with E-state index in [1.165, 1.54) is 12.1 Å². The summed E-state index contributed by atoms with van der Waals surface area (Å²) in [5.74, 6) is 0.720. The molecule has 1 amide bonds. The minimum atomic E-state index is -0.572. The molecule has 8 heteroatoms. The minimum absolute atomic E-state index is 0.0497. The number of carbonyl (C=O) groups is 1. The van der Waals surface area contributed by atoms with Crippen molar-refractivity contribution in [3.05, 3.63) is 62.7 Å². The molecular weight excluding hydrogens is 372 g/mol. The number of halogens is 1. The number of ether oxygens (including phenoxy) is 2. The number of benzene rings is 2. The zero-order valence-corrected chi connectivity index (χ0v) is 16.1. The number of hydrogen-bond donors (Lipinski definition) is 1. The van der Waals surface area contributed by atoms with E-state index in [1.807, 2.05) is 19.9 Å². The summed E-state index contributed by atoms with van der Waals surface area (Å²) in [6.45, 7) is 6.55. The van der Waals surface area contributed by atoms with Crippen LogP contribution >= 0.6 is 11.6 Å². The molecule has 0 aliphatic heterocycles. The van der Waals surface area contributed by atoms with E-state index in [0.717, 1.165) is 11.6 Å². The van der Waals surface area contributed by atoms with Crippen LogP contribution in [-0.2, 0) is 0 Å². The van der Waals surface area contributed by atoms with Crippen LogP contribution in [0.4, 0.5) is 5.69 Å². The summed E-state index contributed by atoms with van der Waals surface area (Å²) in [5.41, 5.74) is 0.655. The Kier molecular flexibility index (Phi) is 7.01. The van der Waals surface area contributed by atoms with Gasteiger partial charge in [0.25, 0.3) is 11.6 Å². The standard InChI is InChI=1S/C19H21ClN2O5/c1-4-26-17-9-6-13(10-18(17)27-5-2)12(3)21-19(23)15-11-14(22(24)25)7-8-16(15)20/h6-12H,4-5H2,1-3H3,(H,21,23). The van der Waals surface area contributed by atoms with Crippen molar-refractivity contribution in [1.82, 2.24) is 5.32 Å². The Morgan fingerprint density at radius 3 is 2.44 bits per heavy atom. The number of nitrogens with one attached hydrogen (secondary N) is 1. The second kappa shape index (κ2) is 9.23. The van der Waals surface area contributed by atoms with Crippen molar-refractivity contribution in [1.29, 1.82) is 0 Å². The summed E-state index contributed by atoms with van der Waals surface area (Å²) in [4.78, 5) is 22.9. The van der Waals surface area contributed by atoms with Crippen molar-refractivity contribution in [2.45, 2.75) is 26.8 Å². The van der Waals surface area contributed by atoms with Crippen LogP contribution in [0.5, 0.6) is 11.5 Å². The SMILES string of the molecule is CCOc1ccc(C(C)NC(=O)c2cc([N+](=O)[O-])ccc2Cl)cc1OCC. The molecule has 0 fully saturated rings. The van der Waals surface area contributed by atoms with Gasteiger partial charge in [-0.15, -0.1) is 0 Å². The molecule has 1 unspecified atom stereocenters. The molecule has 1 atom stereocenters. The smallest absolute Gasteiger partial charge is 0.270 e. The first-order valence-corrected chi connectivity index (χ1v) is 8.89. The number of hydrogen-bond acceptors (Lipinski definition) is 5. The largest absolute Gasteiger partial charge is 0.490 e. The van der Waals surface area contributed by atoms with E-state index in [1.54, 1.807) is 19.1 Å². The third kappa shape index (κ3) is 5.10. The molecule has 2 aromatic rings. The van der Waals surface area contributed by atoms with Crippen LogP contribution in [0.2, 0.25) is 5.02 Å². The predicted octanol–water partition coefficient (Wildman–Crippen LogP) is 4.54. The van der Waals surface area contributed by atoms with E-state index in [4.69, 9.17) is 21.1 Å². The average molecular weight is 393 g/mol. The van der Waals surface area contributed by atoms with E-state index in [9.17, 15) is 14.9 Å². The van der Waals surface area contributed by atoms with Crippen LogP contribution in [0, 0.1) is 10.1 Å². The summed E-state index contributed by atoms with van der Waals surface area (Å²) in [7, 11) is 0. The number of rotatable bonds is 8. The molecular formula is C19H21ClN2O5. The van der Waals surface area contributed by atoms with E-state index in [0.29, 0.717) is 24.7 Å². The fourth-order valence-corrected chi connectivity index (χ4v) is 2.70. The molecule has 0 aliphatic carbocycles. The Morgan fingerprint density at radius 1 is 1.15 bits per heavy atom. The van der Waals surface area contributed by atoms with E-state index in [2.05, 4.69) is 5.32 Å². The van der Waals surface area contributed by atoms with Gasteiger partial charge in [-0.25, -0.2) is 0 Å². The van der Waals surface area contributed by atoms with E-state index in [-0.39, 0.29) is 22.3 Å². The van der Waals surface area contributed by atoms with E-state index >= 15 is 0 Å². The lowest BCUT2D eigenvalue weighted by atomic mass is 10.1. The minimum Gasteiger partial charge on any atom is -0.490 e. The summed E-state index contributed by atoms with van der Waals surface area (Å²) >= 11 is 6.03. The quantitative estimate of drug-likeness (QED) is 0.526. The lowest BCUT2D eigenvalue weighted by Crippen LogP contribution is -2.27. The van der Waals surface area contributed by atoms with Crippen molar-refractivity contribution in [3.63, 3.8) is 0 Å². The topological polar surface area (TPSA) is 90.7 Å². The van der Waals surface area contributed by atoms with Crippen molar-refractivity contribution in [2.24, 2.45) is 0 Å². The average Bonchev–Trinajstić information content (AvgIpc) is 2.63. The van der Waals surface area contributed by atoms with Gasteiger partial charge in [-0.3, -0.25) is 14.9 Å². The van der Waals surface area contributed by atoms with E-state index < -0.39 is 10.8 Å².